The van der Waals surface area contributed by atoms with Crippen molar-refractivity contribution in [2.24, 2.45) is 0 Å². The number of hydrogen-bond acceptors (Lipinski definition) is 4. The van der Waals surface area contributed by atoms with Gasteiger partial charge in [0.2, 0.25) is 15.9 Å². The fourth-order valence-corrected chi connectivity index (χ4v) is 3.94. The van der Waals surface area contributed by atoms with E-state index in [0.29, 0.717) is 5.69 Å². The van der Waals surface area contributed by atoms with E-state index in [-0.39, 0.29) is 5.69 Å². The molecule has 1 heterocycles. The van der Waals surface area contributed by atoms with Crippen LogP contribution in [-0.4, -0.2) is 40.2 Å². The third-order valence-corrected chi connectivity index (χ3v) is 5.55. The zero-order chi connectivity index (χ0) is 19.4. The fourth-order valence-electron chi connectivity index (χ4n) is 3.09. The minimum Gasteiger partial charge on any atom is -0.372 e. The maximum absolute atomic E-state index is 13.4. The van der Waals surface area contributed by atoms with Gasteiger partial charge in [-0.2, -0.15) is 0 Å². The normalized spacial score (nSPS) is 14.2. The molecule has 1 saturated heterocycles. The first-order valence-corrected chi connectivity index (χ1v) is 10.6. The van der Waals surface area contributed by atoms with Crippen LogP contribution in [0.2, 0.25) is 0 Å². The summed E-state index contributed by atoms with van der Waals surface area (Å²) in [4.78, 5) is 14.6. The average molecular weight is 391 g/mol. The molecular formula is C19H22FN3O3S. The Labute approximate surface area is 158 Å². The van der Waals surface area contributed by atoms with Gasteiger partial charge in [0.15, 0.2) is 0 Å². The van der Waals surface area contributed by atoms with Crippen molar-refractivity contribution in [2.75, 3.05) is 40.4 Å². The van der Waals surface area contributed by atoms with E-state index in [4.69, 9.17) is 0 Å². The number of anilines is 3. The van der Waals surface area contributed by atoms with Gasteiger partial charge in [0.25, 0.3) is 0 Å². The van der Waals surface area contributed by atoms with E-state index in [1.807, 2.05) is 12.1 Å². The number of sulfonamides is 1. The van der Waals surface area contributed by atoms with Crippen molar-refractivity contribution in [3.05, 3.63) is 54.3 Å². The lowest BCUT2D eigenvalue weighted by molar-refractivity contribution is -0.114. The van der Waals surface area contributed by atoms with E-state index in [0.717, 1.165) is 35.4 Å². The molecule has 144 valence electrons. The number of hydrogen-bond donors (Lipinski definition) is 1. The molecule has 8 heteroatoms. The summed E-state index contributed by atoms with van der Waals surface area (Å²) in [6.07, 6.45) is 3.34. The SMILES string of the molecule is CS(=O)(=O)N(CC(=O)Nc1ccc(N2CCCC2)cc1)c1cccc(F)c1. The first kappa shape index (κ1) is 19.2. The summed E-state index contributed by atoms with van der Waals surface area (Å²) in [5.74, 6) is -1.07. The van der Waals surface area contributed by atoms with Crippen LogP contribution in [0, 0.1) is 5.82 Å². The number of rotatable bonds is 6. The fraction of sp³-hybridized carbons (Fsp3) is 0.316. The molecule has 1 amide bonds. The lowest BCUT2D eigenvalue weighted by atomic mass is 10.2. The van der Waals surface area contributed by atoms with Crippen LogP contribution in [0.5, 0.6) is 0 Å². The smallest absolute Gasteiger partial charge is 0.245 e. The highest BCUT2D eigenvalue weighted by Gasteiger charge is 2.21. The molecule has 0 unspecified atom stereocenters. The molecule has 1 fully saturated rings. The summed E-state index contributed by atoms with van der Waals surface area (Å²) < 4.78 is 38.4. The van der Waals surface area contributed by atoms with E-state index >= 15 is 0 Å². The Balaban J connectivity index is 1.69. The molecule has 2 aromatic rings. The number of carbonyl (C=O) groups is 1. The summed E-state index contributed by atoms with van der Waals surface area (Å²) in [5.41, 5.74) is 1.79. The van der Waals surface area contributed by atoms with Crippen molar-refractivity contribution in [3.8, 4) is 0 Å². The summed E-state index contributed by atoms with van der Waals surface area (Å²) in [6, 6.07) is 12.6. The Hall–Kier alpha value is -2.61. The molecule has 3 rings (SSSR count). The second kappa shape index (κ2) is 7.96. The maximum Gasteiger partial charge on any atom is 0.245 e. The minimum atomic E-state index is -3.74. The van der Waals surface area contributed by atoms with Crippen LogP contribution in [-0.2, 0) is 14.8 Å². The van der Waals surface area contributed by atoms with Crippen LogP contribution in [0.4, 0.5) is 21.5 Å². The Morgan fingerprint density at radius 2 is 1.81 bits per heavy atom. The molecule has 0 atom stereocenters. The van der Waals surface area contributed by atoms with Gasteiger partial charge >= 0.3 is 0 Å². The molecule has 0 aliphatic carbocycles. The molecular weight excluding hydrogens is 369 g/mol. The lowest BCUT2D eigenvalue weighted by Gasteiger charge is -2.22. The van der Waals surface area contributed by atoms with Crippen LogP contribution in [0.15, 0.2) is 48.5 Å². The first-order valence-electron chi connectivity index (χ1n) is 8.71. The van der Waals surface area contributed by atoms with Crippen LogP contribution < -0.4 is 14.5 Å². The number of benzene rings is 2. The summed E-state index contributed by atoms with van der Waals surface area (Å²) in [5, 5.41) is 2.69. The van der Waals surface area contributed by atoms with Crippen molar-refractivity contribution in [2.45, 2.75) is 12.8 Å². The maximum atomic E-state index is 13.4. The molecule has 6 nitrogen and oxygen atoms in total. The molecule has 0 spiro atoms. The van der Waals surface area contributed by atoms with Gasteiger partial charge in [0.1, 0.15) is 12.4 Å². The quantitative estimate of drug-likeness (QED) is 0.822. The molecule has 1 N–H and O–H groups in total. The third kappa shape index (κ3) is 4.97. The van der Waals surface area contributed by atoms with E-state index in [2.05, 4.69) is 10.2 Å². The van der Waals surface area contributed by atoms with Gasteiger partial charge in [-0.1, -0.05) is 6.07 Å². The van der Waals surface area contributed by atoms with Gasteiger partial charge in [-0.3, -0.25) is 9.10 Å². The Bertz CT molecular complexity index is 910. The largest absolute Gasteiger partial charge is 0.372 e. The average Bonchev–Trinajstić information content (AvgIpc) is 3.14. The molecule has 0 saturated carbocycles. The Kier molecular flexibility index (Phi) is 5.65. The first-order chi connectivity index (χ1) is 12.8. The van der Waals surface area contributed by atoms with Crippen molar-refractivity contribution in [1.82, 2.24) is 0 Å². The van der Waals surface area contributed by atoms with Crippen molar-refractivity contribution in [3.63, 3.8) is 0 Å². The standard InChI is InChI=1S/C19H22FN3O3S/c1-27(25,26)23(18-6-4-5-15(20)13-18)14-19(24)21-16-7-9-17(10-8-16)22-11-2-3-12-22/h4-10,13H,2-3,11-12,14H2,1H3,(H,21,24). The number of carbonyl (C=O) groups excluding carboxylic acids is 1. The summed E-state index contributed by atoms with van der Waals surface area (Å²) in [6.45, 7) is 1.63. The van der Waals surface area contributed by atoms with Crippen molar-refractivity contribution >= 4 is 33.0 Å². The minimum absolute atomic E-state index is 0.108. The second-order valence-corrected chi connectivity index (χ2v) is 8.45. The molecule has 0 radical (unpaired) electrons. The zero-order valence-electron chi connectivity index (χ0n) is 15.1. The Morgan fingerprint density at radius 3 is 2.41 bits per heavy atom. The molecule has 0 aromatic heterocycles. The van der Waals surface area contributed by atoms with Crippen molar-refractivity contribution in [1.29, 1.82) is 0 Å². The van der Waals surface area contributed by atoms with E-state index in [1.54, 1.807) is 12.1 Å². The third-order valence-electron chi connectivity index (χ3n) is 4.41. The highest BCUT2D eigenvalue weighted by Crippen LogP contribution is 2.22. The van der Waals surface area contributed by atoms with Gasteiger partial charge in [-0.05, 0) is 55.3 Å². The van der Waals surface area contributed by atoms with Crippen LogP contribution in [0.1, 0.15) is 12.8 Å². The predicted octanol–water partition coefficient (Wildman–Crippen LogP) is 2.83. The van der Waals surface area contributed by atoms with Gasteiger partial charge in [0, 0.05) is 24.5 Å². The zero-order valence-corrected chi connectivity index (χ0v) is 15.9. The number of halogens is 1. The van der Waals surface area contributed by atoms with Gasteiger partial charge in [0.05, 0.1) is 11.9 Å². The number of nitrogens with one attached hydrogen (secondary N) is 1. The molecule has 1 aliphatic rings. The summed E-state index contributed by atoms with van der Waals surface area (Å²) in [7, 11) is -3.74. The van der Waals surface area contributed by atoms with E-state index < -0.39 is 28.3 Å². The highest BCUT2D eigenvalue weighted by molar-refractivity contribution is 7.92. The number of nitrogens with zero attached hydrogens (tertiary/aromatic N) is 2. The van der Waals surface area contributed by atoms with Gasteiger partial charge < -0.3 is 10.2 Å². The van der Waals surface area contributed by atoms with Crippen molar-refractivity contribution < 1.29 is 17.6 Å². The predicted molar refractivity (Wildman–Crippen MR) is 105 cm³/mol. The topological polar surface area (TPSA) is 69.7 Å². The van der Waals surface area contributed by atoms with E-state index in [9.17, 15) is 17.6 Å². The van der Waals surface area contributed by atoms with E-state index in [1.165, 1.54) is 31.0 Å². The van der Waals surface area contributed by atoms with Crippen LogP contribution in [0.25, 0.3) is 0 Å². The van der Waals surface area contributed by atoms with Gasteiger partial charge in [-0.15, -0.1) is 0 Å². The van der Waals surface area contributed by atoms with Crippen LogP contribution in [0.3, 0.4) is 0 Å². The second-order valence-electron chi connectivity index (χ2n) is 6.54. The molecule has 2 aromatic carbocycles. The highest BCUT2D eigenvalue weighted by atomic mass is 32.2. The molecule has 1 aliphatic heterocycles. The van der Waals surface area contributed by atoms with Gasteiger partial charge in [-0.25, -0.2) is 12.8 Å². The number of amides is 1. The van der Waals surface area contributed by atoms with Crippen LogP contribution >= 0.6 is 0 Å². The molecule has 27 heavy (non-hydrogen) atoms. The monoisotopic (exact) mass is 391 g/mol. The molecule has 0 bridgehead atoms. The lowest BCUT2D eigenvalue weighted by Crippen LogP contribution is -2.37. The summed E-state index contributed by atoms with van der Waals surface area (Å²) >= 11 is 0. The Morgan fingerprint density at radius 1 is 1.15 bits per heavy atom.